The lowest BCUT2D eigenvalue weighted by atomic mass is 10.2. The molecule has 0 saturated carbocycles. The predicted molar refractivity (Wildman–Crippen MR) is 78.7 cm³/mol. The number of hydrogen-bond acceptors (Lipinski definition) is 5. The van der Waals surface area contributed by atoms with Crippen LogP contribution >= 0.6 is 0 Å². The van der Waals surface area contributed by atoms with Crippen molar-refractivity contribution in [1.82, 2.24) is 14.9 Å². The summed E-state index contributed by atoms with van der Waals surface area (Å²) in [7, 11) is 0. The summed E-state index contributed by atoms with van der Waals surface area (Å²) in [6.45, 7) is 3.69. The van der Waals surface area contributed by atoms with Gasteiger partial charge in [0.05, 0.1) is 23.3 Å². The van der Waals surface area contributed by atoms with Gasteiger partial charge in [0.15, 0.2) is 12.4 Å². The maximum Gasteiger partial charge on any atom is 0.342 e. The van der Waals surface area contributed by atoms with E-state index in [2.05, 4.69) is 10.3 Å². The van der Waals surface area contributed by atoms with Crippen LogP contribution in [0.3, 0.4) is 0 Å². The van der Waals surface area contributed by atoms with Gasteiger partial charge in [-0.15, -0.1) is 0 Å². The molecule has 0 spiro atoms. The molecule has 0 fully saturated rings. The standard InChI is InChI=1S/C16H15N3O3/c1-11-8-14(22-18-11)10-21-16(20)15-9-17-19(12(15)2)13-6-4-3-5-7-13/h3-9H,10H2,1-2H3. The molecule has 2 heterocycles. The molecule has 3 aromatic rings. The first-order chi connectivity index (χ1) is 10.6. The molecule has 2 aromatic heterocycles. The van der Waals surface area contributed by atoms with E-state index < -0.39 is 5.97 Å². The number of aryl methyl sites for hydroxylation is 1. The van der Waals surface area contributed by atoms with E-state index >= 15 is 0 Å². The molecule has 6 nitrogen and oxygen atoms in total. The van der Waals surface area contributed by atoms with E-state index in [-0.39, 0.29) is 6.61 Å². The smallest absolute Gasteiger partial charge is 0.342 e. The molecule has 0 aliphatic heterocycles. The minimum absolute atomic E-state index is 0.0512. The van der Waals surface area contributed by atoms with Crippen molar-refractivity contribution >= 4 is 5.97 Å². The molecule has 0 N–H and O–H groups in total. The molecule has 0 unspecified atom stereocenters. The van der Waals surface area contributed by atoms with Gasteiger partial charge in [-0.05, 0) is 26.0 Å². The number of rotatable bonds is 4. The Morgan fingerprint density at radius 3 is 2.73 bits per heavy atom. The monoisotopic (exact) mass is 297 g/mol. The van der Waals surface area contributed by atoms with Crippen LogP contribution in [-0.2, 0) is 11.3 Å². The third-order valence-corrected chi connectivity index (χ3v) is 3.25. The number of carbonyl (C=O) groups is 1. The Kier molecular flexibility index (Phi) is 3.74. The van der Waals surface area contributed by atoms with E-state index in [0.717, 1.165) is 17.1 Å². The van der Waals surface area contributed by atoms with Crippen molar-refractivity contribution in [3.63, 3.8) is 0 Å². The highest BCUT2D eigenvalue weighted by Crippen LogP contribution is 2.15. The average molecular weight is 297 g/mol. The fourth-order valence-electron chi connectivity index (χ4n) is 2.14. The predicted octanol–water partition coefficient (Wildman–Crippen LogP) is 2.83. The summed E-state index contributed by atoms with van der Waals surface area (Å²) in [5.41, 5.74) is 2.80. The summed E-state index contributed by atoms with van der Waals surface area (Å²) in [6, 6.07) is 11.3. The number of ether oxygens (including phenoxy) is 1. The lowest BCUT2D eigenvalue weighted by Gasteiger charge is -2.05. The minimum Gasteiger partial charge on any atom is -0.454 e. The second-order valence-corrected chi connectivity index (χ2v) is 4.90. The number of nitrogens with zero attached hydrogens (tertiary/aromatic N) is 3. The van der Waals surface area contributed by atoms with Crippen LogP contribution in [0.4, 0.5) is 0 Å². The number of esters is 1. The molecular weight excluding hydrogens is 282 g/mol. The fourth-order valence-corrected chi connectivity index (χ4v) is 2.14. The average Bonchev–Trinajstić information content (AvgIpc) is 3.12. The summed E-state index contributed by atoms with van der Waals surface area (Å²) in [4.78, 5) is 12.2. The molecule has 0 aliphatic rings. The molecule has 1 aromatic carbocycles. The van der Waals surface area contributed by atoms with Gasteiger partial charge in [-0.3, -0.25) is 0 Å². The van der Waals surface area contributed by atoms with Crippen LogP contribution < -0.4 is 0 Å². The lowest BCUT2D eigenvalue weighted by molar-refractivity contribution is 0.0436. The van der Waals surface area contributed by atoms with Crippen LogP contribution in [0.15, 0.2) is 47.1 Å². The summed E-state index contributed by atoms with van der Waals surface area (Å²) in [6.07, 6.45) is 1.51. The Morgan fingerprint density at radius 2 is 2.05 bits per heavy atom. The molecule has 0 atom stereocenters. The van der Waals surface area contributed by atoms with Crippen molar-refractivity contribution in [3.8, 4) is 5.69 Å². The third-order valence-electron chi connectivity index (χ3n) is 3.25. The van der Waals surface area contributed by atoms with E-state index in [9.17, 15) is 4.79 Å². The summed E-state index contributed by atoms with van der Waals surface area (Å²) >= 11 is 0. The maximum atomic E-state index is 12.2. The zero-order valence-electron chi connectivity index (χ0n) is 12.3. The second-order valence-electron chi connectivity index (χ2n) is 4.90. The molecular formula is C16H15N3O3. The zero-order chi connectivity index (χ0) is 15.5. The maximum absolute atomic E-state index is 12.2. The van der Waals surface area contributed by atoms with Gasteiger partial charge in [0.2, 0.25) is 0 Å². The van der Waals surface area contributed by atoms with Crippen LogP contribution in [0.5, 0.6) is 0 Å². The van der Waals surface area contributed by atoms with Gasteiger partial charge in [-0.25, -0.2) is 9.48 Å². The SMILES string of the molecule is Cc1cc(COC(=O)c2cnn(-c3ccccc3)c2C)on1. The van der Waals surface area contributed by atoms with E-state index in [1.807, 2.05) is 44.2 Å². The van der Waals surface area contributed by atoms with Crippen LogP contribution in [0.2, 0.25) is 0 Å². The Bertz CT molecular complexity index is 790. The molecule has 3 rings (SSSR count). The van der Waals surface area contributed by atoms with Gasteiger partial charge in [-0.2, -0.15) is 5.10 Å². The van der Waals surface area contributed by atoms with Crippen molar-refractivity contribution < 1.29 is 14.1 Å². The highest BCUT2D eigenvalue weighted by molar-refractivity contribution is 5.90. The topological polar surface area (TPSA) is 70.2 Å². The first-order valence-corrected chi connectivity index (χ1v) is 6.84. The van der Waals surface area contributed by atoms with Crippen LogP contribution in [0, 0.1) is 13.8 Å². The van der Waals surface area contributed by atoms with E-state index in [4.69, 9.17) is 9.26 Å². The van der Waals surface area contributed by atoms with Gasteiger partial charge in [0.25, 0.3) is 0 Å². The van der Waals surface area contributed by atoms with Crippen molar-refractivity contribution in [2.75, 3.05) is 0 Å². The molecule has 0 amide bonds. The number of carbonyl (C=O) groups excluding carboxylic acids is 1. The molecule has 0 saturated heterocycles. The normalized spacial score (nSPS) is 10.6. The number of aromatic nitrogens is 3. The largest absolute Gasteiger partial charge is 0.454 e. The number of para-hydroxylation sites is 1. The van der Waals surface area contributed by atoms with Gasteiger partial charge >= 0.3 is 5.97 Å². The third kappa shape index (κ3) is 2.76. The van der Waals surface area contributed by atoms with E-state index in [0.29, 0.717) is 11.3 Å². The highest BCUT2D eigenvalue weighted by Gasteiger charge is 2.17. The first-order valence-electron chi connectivity index (χ1n) is 6.84. The lowest BCUT2D eigenvalue weighted by Crippen LogP contribution is -2.07. The van der Waals surface area contributed by atoms with E-state index in [1.54, 1.807) is 10.7 Å². The molecule has 0 aliphatic carbocycles. The first kappa shape index (κ1) is 14.1. The van der Waals surface area contributed by atoms with E-state index in [1.165, 1.54) is 6.20 Å². The summed E-state index contributed by atoms with van der Waals surface area (Å²) < 4.78 is 11.9. The van der Waals surface area contributed by atoms with Gasteiger partial charge in [0.1, 0.15) is 5.56 Å². The summed E-state index contributed by atoms with van der Waals surface area (Å²) in [5, 5.41) is 7.99. The van der Waals surface area contributed by atoms with Crippen molar-refractivity contribution in [1.29, 1.82) is 0 Å². The quantitative estimate of drug-likeness (QED) is 0.692. The van der Waals surface area contributed by atoms with Gasteiger partial charge in [-0.1, -0.05) is 23.4 Å². The van der Waals surface area contributed by atoms with Crippen molar-refractivity contribution in [2.24, 2.45) is 0 Å². The molecule has 0 bridgehead atoms. The minimum atomic E-state index is -0.436. The Morgan fingerprint density at radius 1 is 1.27 bits per heavy atom. The highest BCUT2D eigenvalue weighted by atomic mass is 16.5. The van der Waals surface area contributed by atoms with Crippen LogP contribution in [-0.4, -0.2) is 20.9 Å². The van der Waals surface area contributed by atoms with Gasteiger partial charge in [0, 0.05) is 6.07 Å². The molecule has 22 heavy (non-hydrogen) atoms. The second kappa shape index (κ2) is 5.85. The van der Waals surface area contributed by atoms with Crippen LogP contribution in [0.1, 0.15) is 27.5 Å². The molecule has 112 valence electrons. The fraction of sp³-hybridized carbons (Fsp3) is 0.188. The van der Waals surface area contributed by atoms with Gasteiger partial charge < -0.3 is 9.26 Å². The number of benzene rings is 1. The summed E-state index contributed by atoms with van der Waals surface area (Å²) in [5.74, 6) is 0.0766. The Balaban J connectivity index is 1.75. The molecule has 6 heteroatoms. The van der Waals surface area contributed by atoms with Crippen molar-refractivity contribution in [2.45, 2.75) is 20.5 Å². The molecule has 0 radical (unpaired) electrons. The van der Waals surface area contributed by atoms with Crippen LogP contribution in [0.25, 0.3) is 5.69 Å². The number of hydrogen-bond donors (Lipinski definition) is 0. The van der Waals surface area contributed by atoms with Crippen molar-refractivity contribution in [3.05, 3.63) is 65.3 Å². The Labute approximate surface area is 127 Å². The Hall–Kier alpha value is -2.89. The zero-order valence-corrected chi connectivity index (χ0v) is 12.3.